The van der Waals surface area contributed by atoms with E-state index in [2.05, 4.69) is 19.2 Å². The van der Waals surface area contributed by atoms with Crippen LogP contribution in [0.15, 0.2) is 23.1 Å². The largest absolute Gasteiger partial charge is 0.505 e. The molecule has 1 saturated heterocycles. The summed E-state index contributed by atoms with van der Waals surface area (Å²) in [5.41, 5.74) is 6.69. The molecule has 3 atom stereocenters. The predicted octanol–water partition coefficient (Wildman–Crippen LogP) is 1.34. The average Bonchev–Trinajstić information content (AvgIpc) is 2.65. The number of amides is 2. The molecule has 2 bridgehead atoms. The fourth-order valence-electron chi connectivity index (χ4n) is 4.83. The van der Waals surface area contributed by atoms with Crippen LogP contribution in [0, 0.1) is 5.41 Å². The Kier molecular flexibility index (Phi) is 3.75. The molecule has 2 fully saturated rings. The molecule has 0 aromatic rings. The molecular weight excluding hydrogens is 294 g/mol. The van der Waals surface area contributed by atoms with E-state index in [1.54, 1.807) is 6.08 Å². The highest BCUT2D eigenvalue weighted by Gasteiger charge is 2.55. The summed E-state index contributed by atoms with van der Waals surface area (Å²) in [5.74, 6) is -0.263. The number of hydrogen-bond donors (Lipinski definition) is 3. The number of hydrogen-bond acceptors (Lipinski definition) is 4. The zero-order valence-corrected chi connectivity index (χ0v) is 13.8. The second-order valence-electron chi connectivity index (χ2n) is 7.79. The highest BCUT2D eigenvalue weighted by Crippen LogP contribution is 2.51. The third kappa shape index (κ3) is 2.65. The van der Waals surface area contributed by atoms with Crippen molar-refractivity contribution in [2.45, 2.75) is 57.5 Å². The SMILES string of the molecule is CC12CC(N)CC(C)(C1)N(C(=O)C1=CCCC(NC=O)=C1O)C2. The van der Waals surface area contributed by atoms with E-state index in [9.17, 15) is 14.7 Å². The van der Waals surface area contributed by atoms with Crippen LogP contribution < -0.4 is 11.1 Å². The molecule has 1 saturated carbocycles. The zero-order chi connectivity index (χ0) is 16.8. The molecule has 6 nitrogen and oxygen atoms in total. The summed E-state index contributed by atoms with van der Waals surface area (Å²) < 4.78 is 0. The molecular formula is C17H25N3O3. The second kappa shape index (κ2) is 5.37. The number of nitrogens with one attached hydrogen (secondary N) is 1. The van der Waals surface area contributed by atoms with Crippen molar-refractivity contribution in [1.82, 2.24) is 10.2 Å². The summed E-state index contributed by atoms with van der Waals surface area (Å²) in [6.07, 6.45) is 6.10. The first-order valence-corrected chi connectivity index (χ1v) is 8.18. The van der Waals surface area contributed by atoms with Gasteiger partial charge in [-0.2, -0.15) is 0 Å². The van der Waals surface area contributed by atoms with Crippen LogP contribution in [-0.4, -0.2) is 40.4 Å². The zero-order valence-electron chi connectivity index (χ0n) is 13.8. The molecule has 2 aliphatic carbocycles. The summed E-state index contributed by atoms with van der Waals surface area (Å²) in [6, 6.07) is 0.105. The quantitative estimate of drug-likeness (QED) is 0.684. The van der Waals surface area contributed by atoms with Crippen LogP contribution >= 0.6 is 0 Å². The molecule has 4 N–H and O–H groups in total. The number of nitrogens with two attached hydrogens (primary N) is 1. The summed E-state index contributed by atoms with van der Waals surface area (Å²) in [4.78, 5) is 25.6. The maximum Gasteiger partial charge on any atom is 0.257 e. The van der Waals surface area contributed by atoms with Gasteiger partial charge < -0.3 is 21.1 Å². The monoisotopic (exact) mass is 319 g/mol. The number of fused-ring (bicyclic) bond motifs is 2. The minimum atomic E-state index is -0.264. The van der Waals surface area contributed by atoms with E-state index in [1.807, 2.05) is 4.90 Å². The van der Waals surface area contributed by atoms with Crippen molar-refractivity contribution < 1.29 is 14.7 Å². The maximum atomic E-state index is 13.1. The van der Waals surface area contributed by atoms with E-state index >= 15 is 0 Å². The first-order chi connectivity index (χ1) is 10.8. The number of carbonyl (C=O) groups excluding carboxylic acids is 2. The third-order valence-electron chi connectivity index (χ3n) is 5.45. The molecule has 0 radical (unpaired) electrons. The summed E-state index contributed by atoms with van der Waals surface area (Å²) >= 11 is 0. The van der Waals surface area contributed by atoms with Crippen LogP contribution in [0.2, 0.25) is 0 Å². The van der Waals surface area contributed by atoms with Crippen LogP contribution in [0.25, 0.3) is 0 Å². The minimum Gasteiger partial charge on any atom is -0.505 e. The van der Waals surface area contributed by atoms with Gasteiger partial charge in [0.1, 0.15) is 5.76 Å². The number of nitrogens with zero attached hydrogens (tertiary/aromatic N) is 1. The van der Waals surface area contributed by atoms with Gasteiger partial charge in [-0.05, 0) is 44.4 Å². The Bertz CT molecular complexity index is 612. The van der Waals surface area contributed by atoms with Gasteiger partial charge in [0, 0.05) is 18.1 Å². The Morgan fingerprint density at radius 1 is 1.48 bits per heavy atom. The lowest BCUT2D eigenvalue weighted by Crippen LogP contribution is -2.49. The van der Waals surface area contributed by atoms with E-state index in [0.717, 1.165) is 19.3 Å². The van der Waals surface area contributed by atoms with Crippen LogP contribution in [0.5, 0.6) is 0 Å². The van der Waals surface area contributed by atoms with Gasteiger partial charge in [-0.1, -0.05) is 13.0 Å². The topological polar surface area (TPSA) is 95.7 Å². The van der Waals surface area contributed by atoms with Crippen molar-refractivity contribution >= 4 is 12.3 Å². The van der Waals surface area contributed by atoms with Gasteiger partial charge in [0.2, 0.25) is 6.41 Å². The lowest BCUT2D eigenvalue weighted by Gasteiger charge is -2.40. The normalized spacial score (nSPS) is 36.7. The number of aliphatic hydroxyl groups is 1. The smallest absolute Gasteiger partial charge is 0.257 e. The van der Waals surface area contributed by atoms with Crippen LogP contribution in [0.3, 0.4) is 0 Å². The van der Waals surface area contributed by atoms with Crippen LogP contribution in [-0.2, 0) is 9.59 Å². The van der Waals surface area contributed by atoms with E-state index < -0.39 is 0 Å². The molecule has 6 heteroatoms. The van der Waals surface area contributed by atoms with Gasteiger partial charge in [0.15, 0.2) is 0 Å². The number of carbonyl (C=O) groups is 2. The second-order valence-corrected chi connectivity index (χ2v) is 7.79. The van der Waals surface area contributed by atoms with Gasteiger partial charge in [0.25, 0.3) is 5.91 Å². The molecule has 2 amide bonds. The van der Waals surface area contributed by atoms with Gasteiger partial charge in [-0.3, -0.25) is 9.59 Å². The molecule has 1 heterocycles. The molecule has 0 aromatic heterocycles. The fraction of sp³-hybridized carbons (Fsp3) is 0.647. The number of rotatable bonds is 3. The molecule has 3 unspecified atom stereocenters. The fourth-order valence-corrected chi connectivity index (χ4v) is 4.83. The molecule has 3 rings (SSSR count). The molecule has 1 aliphatic heterocycles. The highest BCUT2D eigenvalue weighted by molar-refractivity contribution is 5.98. The molecule has 0 aromatic carbocycles. The average molecular weight is 319 g/mol. The summed E-state index contributed by atoms with van der Waals surface area (Å²) in [5, 5.41) is 12.8. The number of aliphatic hydroxyl groups excluding tert-OH is 1. The Morgan fingerprint density at radius 2 is 2.22 bits per heavy atom. The lowest BCUT2D eigenvalue weighted by atomic mass is 9.70. The van der Waals surface area contributed by atoms with Crippen molar-refractivity contribution in [2.75, 3.05) is 6.54 Å². The lowest BCUT2D eigenvalue weighted by molar-refractivity contribution is -0.131. The van der Waals surface area contributed by atoms with E-state index in [1.165, 1.54) is 0 Å². The van der Waals surface area contributed by atoms with E-state index in [4.69, 9.17) is 5.73 Å². The Hall–Kier alpha value is -1.82. The first kappa shape index (κ1) is 16.1. The van der Waals surface area contributed by atoms with Crippen molar-refractivity contribution in [3.63, 3.8) is 0 Å². The molecule has 3 aliphatic rings. The maximum absolute atomic E-state index is 13.1. The Labute approximate surface area is 136 Å². The number of allylic oxidation sites excluding steroid dienone is 2. The summed E-state index contributed by atoms with van der Waals surface area (Å²) in [7, 11) is 0. The molecule has 23 heavy (non-hydrogen) atoms. The van der Waals surface area contributed by atoms with Gasteiger partial charge in [0.05, 0.1) is 11.3 Å². The third-order valence-corrected chi connectivity index (χ3v) is 5.45. The molecule has 126 valence electrons. The van der Waals surface area contributed by atoms with E-state index in [-0.39, 0.29) is 28.7 Å². The van der Waals surface area contributed by atoms with Gasteiger partial charge in [-0.25, -0.2) is 0 Å². The number of likely N-dealkylation sites (tertiary alicyclic amines) is 1. The van der Waals surface area contributed by atoms with Crippen molar-refractivity contribution in [3.05, 3.63) is 23.1 Å². The standard InChI is InChI=1S/C17H25N3O3/c1-16-6-11(18)7-17(2,8-16)20(9-16)15(23)12-4-3-5-13(14(12)22)19-10-21/h4,10-11,22H,3,5-9,18H2,1-2H3,(H,19,21). The van der Waals surface area contributed by atoms with E-state index in [0.29, 0.717) is 37.1 Å². The summed E-state index contributed by atoms with van der Waals surface area (Å²) in [6.45, 7) is 4.93. The highest BCUT2D eigenvalue weighted by atomic mass is 16.3. The first-order valence-electron chi connectivity index (χ1n) is 8.18. The predicted molar refractivity (Wildman–Crippen MR) is 86.2 cm³/mol. The van der Waals surface area contributed by atoms with Crippen LogP contribution in [0.1, 0.15) is 46.0 Å². The van der Waals surface area contributed by atoms with Crippen molar-refractivity contribution in [1.29, 1.82) is 0 Å². The van der Waals surface area contributed by atoms with Gasteiger partial charge in [-0.15, -0.1) is 0 Å². The van der Waals surface area contributed by atoms with Gasteiger partial charge >= 0.3 is 0 Å². The molecule has 0 spiro atoms. The van der Waals surface area contributed by atoms with Crippen molar-refractivity contribution in [3.8, 4) is 0 Å². The Morgan fingerprint density at radius 3 is 2.91 bits per heavy atom. The minimum absolute atomic E-state index is 0.0422. The van der Waals surface area contributed by atoms with Crippen molar-refractivity contribution in [2.24, 2.45) is 11.1 Å². The Balaban J connectivity index is 1.89. The van der Waals surface area contributed by atoms with Crippen LogP contribution in [0.4, 0.5) is 0 Å².